The minimum Gasteiger partial charge on any atom is -0.392 e. The minimum absolute atomic E-state index is 0.103. The van der Waals surface area contributed by atoms with Gasteiger partial charge in [0.05, 0.1) is 40.9 Å². The Morgan fingerprint density at radius 3 is 2.14 bits per heavy atom. The van der Waals surface area contributed by atoms with E-state index in [2.05, 4.69) is 0 Å². The molecule has 1 aliphatic rings. The molecular weight excluding hydrogens is 415 g/mol. The third-order valence-corrected chi connectivity index (χ3v) is 9.02. The van der Waals surface area contributed by atoms with Crippen molar-refractivity contribution in [3.8, 4) is 18.2 Å². The summed E-state index contributed by atoms with van der Waals surface area (Å²) in [6.45, 7) is 7.19. The number of nitriles is 3. The van der Waals surface area contributed by atoms with E-state index in [1.807, 2.05) is 18.2 Å². The number of carbonyl (C=O) groups is 1. The van der Waals surface area contributed by atoms with Gasteiger partial charge in [0.25, 0.3) is 5.69 Å². The summed E-state index contributed by atoms with van der Waals surface area (Å²) < 4.78 is 11.5. The van der Waals surface area contributed by atoms with Gasteiger partial charge in [0.15, 0.2) is 5.41 Å². The van der Waals surface area contributed by atoms with Crippen molar-refractivity contribution < 1.29 is 13.8 Å². The molecule has 0 amide bonds. The van der Waals surface area contributed by atoms with Crippen molar-refractivity contribution >= 4 is 34.7 Å². The van der Waals surface area contributed by atoms with Gasteiger partial charge < -0.3 is 14.8 Å². The molecule has 0 radical (unpaired) electrons. The summed E-state index contributed by atoms with van der Waals surface area (Å²) in [5.74, 6) is -1.09. The fourth-order valence-electron chi connectivity index (χ4n) is 3.00. The number of ketones is 1. The average molecular weight is 441 g/mol. The second kappa shape index (κ2) is 10.4. The van der Waals surface area contributed by atoms with E-state index in [1.54, 1.807) is 27.7 Å². The maximum absolute atomic E-state index is 12.4. The highest BCUT2D eigenvalue weighted by atomic mass is 32.9. The Balaban J connectivity index is 3.46. The molecule has 0 aromatic carbocycles. The lowest BCUT2D eigenvalue weighted by molar-refractivity contribution is -0.126. The zero-order chi connectivity index (χ0) is 21.5. The van der Waals surface area contributed by atoms with Crippen molar-refractivity contribution in [1.29, 1.82) is 15.8 Å². The van der Waals surface area contributed by atoms with E-state index in [4.69, 9.17) is 26.6 Å². The number of carbonyl (C=O) groups excluding carboxylic acids is 1. The summed E-state index contributed by atoms with van der Waals surface area (Å²) >= 11 is 6.41. The van der Waals surface area contributed by atoms with Gasteiger partial charge in [-0.15, -0.1) is 0 Å². The number of hydrogen-bond acceptors (Lipinski definition) is 9. The molecule has 0 aromatic rings. The Bertz CT molecular complexity index is 777. The summed E-state index contributed by atoms with van der Waals surface area (Å²) in [7, 11) is 0. The van der Waals surface area contributed by atoms with Crippen LogP contribution in [0.15, 0.2) is 10.6 Å². The molecule has 7 nitrogen and oxygen atoms in total. The van der Waals surface area contributed by atoms with Crippen LogP contribution in [0.25, 0.3) is 0 Å². The van der Waals surface area contributed by atoms with Crippen molar-refractivity contribution in [2.75, 3.05) is 0 Å². The van der Waals surface area contributed by atoms with Crippen LogP contribution in [0.4, 0.5) is 0 Å². The van der Waals surface area contributed by atoms with E-state index in [1.165, 1.54) is 0 Å². The SMILES string of the molecule is CC(C)OP(=S)(OC(C)C)S/C(N)=C(/C#N)C(C#N)(C#N)C1CCCCC1=O. The maximum atomic E-state index is 12.4. The predicted molar refractivity (Wildman–Crippen MR) is 112 cm³/mol. The second-order valence-electron chi connectivity index (χ2n) is 6.99. The summed E-state index contributed by atoms with van der Waals surface area (Å²) in [6, 6.07) is 5.70. The predicted octanol–water partition coefficient (Wildman–Crippen LogP) is 4.28. The van der Waals surface area contributed by atoms with Crippen LogP contribution < -0.4 is 5.73 Å². The molecule has 28 heavy (non-hydrogen) atoms. The van der Waals surface area contributed by atoms with Crippen LogP contribution in [-0.4, -0.2) is 18.0 Å². The highest BCUT2D eigenvalue weighted by molar-refractivity contribution is 8.69. The molecule has 1 aliphatic carbocycles. The average Bonchev–Trinajstić information content (AvgIpc) is 2.58. The molecule has 0 aromatic heterocycles. The maximum Gasteiger partial charge on any atom is 0.254 e. The van der Waals surface area contributed by atoms with E-state index < -0.39 is 17.0 Å². The lowest BCUT2D eigenvalue weighted by Crippen LogP contribution is -2.38. The Kier molecular flexibility index (Phi) is 9.15. The van der Waals surface area contributed by atoms with Gasteiger partial charge in [-0.3, -0.25) is 4.79 Å². The topological polar surface area (TPSA) is 133 Å². The molecule has 10 heteroatoms. The fraction of sp³-hybridized carbons (Fsp3) is 0.667. The van der Waals surface area contributed by atoms with Crippen molar-refractivity contribution in [3.63, 3.8) is 0 Å². The lowest BCUT2D eigenvalue weighted by atomic mass is 9.66. The molecule has 0 heterocycles. The molecule has 1 unspecified atom stereocenters. The standard InChI is InChI=1S/C18H25N4O3PS2/c1-12(2)24-26(27,25-13(3)4)28-17(22)15(9-19)18(10-20,11-21)14-7-5-6-8-16(14)23/h12-14H,5-8,22H2,1-4H3/b17-15-. The summed E-state index contributed by atoms with van der Waals surface area (Å²) in [5, 5.41) is 29.3. The third kappa shape index (κ3) is 5.80. The van der Waals surface area contributed by atoms with Gasteiger partial charge in [-0.05, 0) is 63.7 Å². The van der Waals surface area contributed by atoms with E-state index in [9.17, 15) is 20.6 Å². The van der Waals surface area contributed by atoms with Gasteiger partial charge in [0.2, 0.25) is 0 Å². The summed E-state index contributed by atoms with van der Waals surface area (Å²) in [4.78, 5) is 12.4. The highest BCUT2D eigenvalue weighted by Crippen LogP contribution is 2.65. The van der Waals surface area contributed by atoms with Gasteiger partial charge in [-0.1, -0.05) is 6.42 Å². The third-order valence-electron chi connectivity index (χ3n) is 4.07. The number of hydrogen-bond donors (Lipinski definition) is 1. The number of Topliss-reactive ketones (excluding diaryl/α,β-unsaturated/α-hetero) is 1. The first-order chi connectivity index (χ1) is 13.0. The molecule has 2 N–H and O–H groups in total. The lowest BCUT2D eigenvalue weighted by Gasteiger charge is -2.32. The molecule has 1 fully saturated rings. The Labute approximate surface area is 175 Å². The van der Waals surface area contributed by atoms with Gasteiger partial charge in [0, 0.05) is 6.42 Å². The van der Waals surface area contributed by atoms with Crippen LogP contribution in [0.3, 0.4) is 0 Å². The monoisotopic (exact) mass is 440 g/mol. The van der Waals surface area contributed by atoms with Crippen molar-refractivity contribution in [3.05, 3.63) is 10.6 Å². The first-order valence-corrected chi connectivity index (χ1v) is 13.0. The second-order valence-corrected chi connectivity index (χ2v) is 13.1. The van der Waals surface area contributed by atoms with Crippen molar-refractivity contribution in [2.24, 2.45) is 17.1 Å². The Morgan fingerprint density at radius 1 is 1.21 bits per heavy atom. The van der Waals surface area contributed by atoms with Crippen LogP contribution >= 0.6 is 17.1 Å². The molecular formula is C18H25N4O3PS2. The quantitative estimate of drug-likeness (QED) is 0.433. The largest absolute Gasteiger partial charge is 0.392 e. The minimum atomic E-state index is -2.99. The van der Waals surface area contributed by atoms with Crippen molar-refractivity contribution in [2.45, 2.75) is 65.6 Å². The highest BCUT2D eigenvalue weighted by Gasteiger charge is 2.49. The Hall–Kier alpha value is -1.40. The molecule has 0 spiro atoms. The van der Waals surface area contributed by atoms with E-state index in [0.717, 1.165) is 11.4 Å². The van der Waals surface area contributed by atoms with E-state index in [-0.39, 0.29) is 35.0 Å². The van der Waals surface area contributed by atoms with Gasteiger partial charge in [-0.25, -0.2) is 0 Å². The molecule has 0 saturated heterocycles. The summed E-state index contributed by atoms with van der Waals surface area (Å²) in [5.41, 5.74) is 0.976. The first kappa shape index (κ1) is 24.6. The van der Waals surface area contributed by atoms with Crippen LogP contribution in [0.5, 0.6) is 0 Å². The van der Waals surface area contributed by atoms with Crippen molar-refractivity contribution in [1.82, 2.24) is 0 Å². The van der Waals surface area contributed by atoms with Gasteiger partial charge in [0.1, 0.15) is 11.9 Å². The van der Waals surface area contributed by atoms with Gasteiger partial charge in [-0.2, -0.15) is 15.8 Å². The zero-order valence-corrected chi connectivity index (χ0v) is 19.0. The number of nitrogens with zero attached hydrogens (tertiary/aromatic N) is 3. The number of allylic oxidation sites excluding steroid dienone is 1. The molecule has 0 bridgehead atoms. The Morgan fingerprint density at radius 2 is 1.75 bits per heavy atom. The molecule has 1 atom stereocenters. The number of rotatable bonds is 8. The van der Waals surface area contributed by atoms with Crippen LogP contribution in [0.1, 0.15) is 53.4 Å². The van der Waals surface area contributed by atoms with E-state index >= 15 is 0 Å². The van der Waals surface area contributed by atoms with E-state index in [0.29, 0.717) is 19.3 Å². The van der Waals surface area contributed by atoms with Gasteiger partial charge >= 0.3 is 0 Å². The van der Waals surface area contributed by atoms with Crippen LogP contribution in [0.2, 0.25) is 0 Å². The smallest absolute Gasteiger partial charge is 0.254 e. The zero-order valence-electron chi connectivity index (χ0n) is 16.5. The fourth-order valence-corrected chi connectivity index (χ4v) is 8.75. The molecule has 0 aliphatic heterocycles. The molecule has 1 rings (SSSR count). The molecule has 1 saturated carbocycles. The first-order valence-electron chi connectivity index (χ1n) is 8.97. The normalized spacial score (nSPS) is 19.0. The molecule has 152 valence electrons. The number of nitrogens with two attached hydrogens (primary N) is 1. The van der Waals surface area contributed by atoms with Crippen LogP contribution in [0, 0.1) is 45.3 Å². The summed E-state index contributed by atoms with van der Waals surface area (Å²) in [6.07, 6.45) is 1.58. The van der Waals surface area contributed by atoms with Crippen LogP contribution in [-0.2, 0) is 25.6 Å².